The summed E-state index contributed by atoms with van der Waals surface area (Å²) in [5.74, 6) is -1.13. The largest absolute Gasteiger partial charge is 0.444 e. The number of nitriles is 1. The molecule has 0 spiro atoms. The van der Waals surface area contributed by atoms with Crippen molar-refractivity contribution < 1.29 is 23.9 Å². The Hall–Kier alpha value is -4.37. The fraction of sp³-hybridized carbons (Fsp3) is 0.452. The number of anilines is 1. The van der Waals surface area contributed by atoms with Crippen LogP contribution in [0.5, 0.6) is 0 Å². The lowest BCUT2D eigenvalue weighted by atomic mass is 10.00. The molecule has 3 aliphatic rings. The van der Waals surface area contributed by atoms with Gasteiger partial charge in [-0.15, -0.1) is 11.3 Å². The Balaban J connectivity index is 1.31. The van der Waals surface area contributed by atoms with Crippen LogP contribution in [0.25, 0.3) is 21.3 Å². The minimum Gasteiger partial charge on any atom is -0.444 e. The van der Waals surface area contributed by atoms with E-state index in [1.54, 1.807) is 46.0 Å². The monoisotopic (exact) mass is 600 g/mol. The number of thiophene rings is 1. The first-order valence-electron chi connectivity index (χ1n) is 14.2. The normalized spacial score (nSPS) is 22.2. The van der Waals surface area contributed by atoms with Gasteiger partial charge in [-0.05, 0) is 57.7 Å². The van der Waals surface area contributed by atoms with Gasteiger partial charge in [-0.1, -0.05) is 13.8 Å². The summed E-state index contributed by atoms with van der Waals surface area (Å²) in [5.41, 5.74) is 2.06. The minimum absolute atomic E-state index is 0.129. The molecule has 0 radical (unpaired) electrons. The maximum absolute atomic E-state index is 13.4. The first kappa shape index (κ1) is 28.7. The highest BCUT2D eigenvalue weighted by molar-refractivity contribution is 7.19. The smallest absolute Gasteiger partial charge is 0.410 e. The molecule has 222 valence electrons. The van der Waals surface area contributed by atoms with Crippen LogP contribution in [0.4, 0.5) is 10.5 Å². The van der Waals surface area contributed by atoms with Crippen LogP contribution in [-0.2, 0) is 25.7 Å². The van der Waals surface area contributed by atoms with Crippen molar-refractivity contribution in [1.82, 2.24) is 19.8 Å². The Morgan fingerprint density at radius 1 is 1.19 bits per heavy atom. The second-order valence-electron chi connectivity index (χ2n) is 12.9. The molecule has 2 saturated heterocycles. The molecule has 4 amide bonds. The number of nitrogens with one attached hydrogen (secondary N) is 1. The zero-order valence-electron chi connectivity index (χ0n) is 24.8. The Morgan fingerprint density at radius 3 is 2.49 bits per heavy atom. The number of amides is 4. The highest BCUT2D eigenvalue weighted by atomic mass is 32.1. The van der Waals surface area contributed by atoms with E-state index in [0.717, 1.165) is 15.1 Å². The Bertz CT molecular complexity index is 1740. The van der Waals surface area contributed by atoms with Crippen LogP contribution < -0.4 is 5.32 Å². The summed E-state index contributed by atoms with van der Waals surface area (Å²) in [5, 5.41) is 12.6. The van der Waals surface area contributed by atoms with Crippen molar-refractivity contribution in [3.8, 4) is 17.2 Å². The fourth-order valence-corrected chi connectivity index (χ4v) is 7.23. The molecule has 12 heteroatoms. The standard InChI is InChI=1S/C31H32N6O5S/c1-15-24(35-26(38)21-8-10-36(21)29(41)42-30(2,3)4)19(11-16(13-32)34-15)18-7-9-33-20-12-17(43-25(18)20)14-37-27(39)22-23(28(37)40)31(22,5)6/h7,9,11-12,21-23H,8,10,14H2,1-6H3,(H,35,38). The van der Waals surface area contributed by atoms with Crippen molar-refractivity contribution in [3.63, 3.8) is 0 Å². The van der Waals surface area contributed by atoms with Crippen molar-refractivity contribution in [3.05, 3.63) is 40.7 Å². The quantitative estimate of drug-likeness (QED) is 0.417. The predicted molar refractivity (Wildman–Crippen MR) is 159 cm³/mol. The summed E-state index contributed by atoms with van der Waals surface area (Å²) in [6, 6.07) is 6.67. The average Bonchev–Trinajstić information content (AvgIpc) is 3.13. The maximum atomic E-state index is 13.4. The number of likely N-dealkylation sites (tertiary alicyclic amines) is 2. The van der Waals surface area contributed by atoms with E-state index >= 15 is 0 Å². The van der Waals surface area contributed by atoms with Gasteiger partial charge in [-0.3, -0.25) is 29.2 Å². The average molecular weight is 601 g/mol. The summed E-state index contributed by atoms with van der Waals surface area (Å²) in [6.45, 7) is 11.5. The van der Waals surface area contributed by atoms with Crippen LogP contribution >= 0.6 is 11.3 Å². The number of imide groups is 1. The number of carbonyl (C=O) groups is 4. The second kappa shape index (κ2) is 9.84. The SMILES string of the molecule is Cc1nc(C#N)cc(-c2ccnc3cc(CN4C(=O)C5C(C4=O)C5(C)C)sc23)c1NC(=O)C1CCN1C(=O)OC(C)(C)C. The number of aryl methyl sites for hydroxylation is 1. The van der Waals surface area contributed by atoms with E-state index in [4.69, 9.17) is 4.74 Å². The lowest BCUT2D eigenvalue weighted by Gasteiger charge is -2.40. The number of ether oxygens (including phenoxy) is 1. The van der Waals surface area contributed by atoms with Crippen LogP contribution in [0.1, 0.15) is 57.3 Å². The van der Waals surface area contributed by atoms with Gasteiger partial charge in [0.2, 0.25) is 17.7 Å². The van der Waals surface area contributed by atoms with Gasteiger partial charge >= 0.3 is 6.09 Å². The highest BCUT2D eigenvalue weighted by Crippen LogP contribution is 2.63. The van der Waals surface area contributed by atoms with Gasteiger partial charge in [0.05, 0.1) is 40.0 Å². The van der Waals surface area contributed by atoms with E-state index in [1.807, 2.05) is 19.9 Å². The summed E-state index contributed by atoms with van der Waals surface area (Å²) in [6.07, 6.45) is 1.58. The van der Waals surface area contributed by atoms with E-state index in [-0.39, 0.29) is 47.2 Å². The van der Waals surface area contributed by atoms with Crippen molar-refractivity contribution in [1.29, 1.82) is 5.26 Å². The Labute approximate surface area is 252 Å². The van der Waals surface area contributed by atoms with Gasteiger partial charge in [-0.25, -0.2) is 9.78 Å². The van der Waals surface area contributed by atoms with Crippen molar-refractivity contribution in [2.75, 3.05) is 11.9 Å². The maximum Gasteiger partial charge on any atom is 0.410 e. The molecular formula is C31H32N6O5S. The van der Waals surface area contributed by atoms with Gasteiger partial charge in [0.1, 0.15) is 23.4 Å². The number of aromatic nitrogens is 2. The molecule has 1 saturated carbocycles. The summed E-state index contributed by atoms with van der Waals surface area (Å²) < 4.78 is 6.24. The molecule has 0 aromatic carbocycles. The van der Waals surface area contributed by atoms with E-state index in [2.05, 4.69) is 21.4 Å². The summed E-state index contributed by atoms with van der Waals surface area (Å²) >= 11 is 1.41. The van der Waals surface area contributed by atoms with Crippen LogP contribution in [0, 0.1) is 35.5 Å². The number of hydrogen-bond donors (Lipinski definition) is 1. The molecule has 3 unspecified atom stereocenters. The lowest BCUT2D eigenvalue weighted by molar-refractivity contribution is -0.143. The van der Waals surface area contributed by atoms with E-state index in [9.17, 15) is 24.4 Å². The Kier molecular flexibility index (Phi) is 6.58. The van der Waals surface area contributed by atoms with Crippen LogP contribution in [0.3, 0.4) is 0 Å². The first-order chi connectivity index (χ1) is 20.2. The van der Waals surface area contributed by atoms with E-state index < -0.39 is 17.7 Å². The fourth-order valence-electron chi connectivity index (χ4n) is 6.10. The number of rotatable bonds is 5. The van der Waals surface area contributed by atoms with Crippen LogP contribution in [0.15, 0.2) is 24.4 Å². The van der Waals surface area contributed by atoms with Crippen molar-refractivity contribution >= 4 is 51.1 Å². The van der Waals surface area contributed by atoms with Crippen LogP contribution in [0.2, 0.25) is 0 Å². The molecule has 3 aromatic heterocycles. The third kappa shape index (κ3) is 4.81. The minimum atomic E-state index is -0.699. The number of piperidine rings is 1. The topological polar surface area (TPSA) is 146 Å². The number of pyridine rings is 2. The van der Waals surface area contributed by atoms with Gasteiger partial charge < -0.3 is 10.1 Å². The van der Waals surface area contributed by atoms with Crippen LogP contribution in [-0.4, -0.2) is 61.8 Å². The summed E-state index contributed by atoms with van der Waals surface area (Å²) in [4.78, 5) is 64.3. The van der Waals surface area contributed by atoms with Gasteiger partial charge in [0.15, 0.2) is 0 Å². The predicted octanol–water partition coefficient (Wildman–Crippen LogP) is 4.63. The molecule has 43 heavy (non-hydrogen) atoms. The van der Waals surface area contributed by atoms with Gasteiger partial charge in [-0.2, -0.15) is 5.26 Å². The zero-order chi connectivity index (χ0) is 31.0. The molecule has 3 aromatic rings. The van der Waals surface area contributed by atoms with Crippen molar-refractivity contribution in [2.24, 2.45) is 17.3 Å². The molecule has 6 rings (SSSR count). The van der Waals surface area contributed by atoms with Gasteiger partial charge in [0, 0.05) is 28.7 Å². The molecule has 3 fully saturated rings. The number of carbonyl (C=O) groups excluding carboxylic acids is 4. The number of fused-ring (bicyclic) bond motifs is 2. The van der Waals surface area contributed by atoms with E-state index in [0.29, 0.717) is 35.4 Å². The number of hydrogen-bond acceptors (Lipinski definition) is 9. The molecule has 5 heterocycles. The lowest BCUT2D eigenvalue weighted by Crippen LogP contribution is -2.57. The summed E-state index contributed by atoms with van der Waals surface area (Å²) in [7, 11) is 0. The van der Waals surface area contributed by atoms with E-state index in [1.165, 1.54) is 21.1 Å². The highest BCUT2D eigenvalue weighted by Gasteiger charge is 2.72. The molecule has 1 aliphatic carbocycles. The van der Waals surface area contributed by atoms with Gasteiger partial charge in [0.25, 0.3) is 0 Å². The molecular weight excluding hydrogens is 568 g/mol. The molecule has 11 nitrogen and oxygen atoms in total. The zero-order valence-corrected chi connectivity index (χ0v) is 25.7. The first-order valence-corrected chi connectivity index (χ1v) is 15.0. The Morgan fingerprint density at radius 2 is 1.88 bits per heavy atom. The molecule has 2 aliphatic heterocycles. The molecule has 3 atom stereocenters. The second-order valence-corrected chi connectivity index (χ2v) is 14.1. The van der Waals surface area contributed by atoms with Crippen molar-refractivity contribution in [2.45, 2.75) is 66.2 Å². The third-order valence-electron chi connectivity index (χ3n) is 8.47. The number of nitrogens with zero attached hydrogens (tertiary/aromatic N) is 5. The molecule has 0 bridgehead atoms. The third-order valence-corrected chi connectivity index (χ3v) is 9.61. The molecule has 1 N–H and O–H groups in total.